The lowest BCUT2D eigenvalue weighted by Gasteiger charge is -2.32. The maximum absolute atomic E-state index is 13.1. The Morgan fingerprint density at radius 3 is 2.33 bits per heavy atom. The molecule has 1 fully saturated rings. The van der Waals surface area contributed by atoms with Crippen molar-refractivity contribution in [2.75, 3.05) is 13.1 Å². The molecule has 0 spiro atoms. The number of likely N-dealkylation sites (tertiary alicyclic amines) is 1. The minimum Gasteiger partial charge on any atom is -0.342 e. The van der Waals surface area contributed by atoms with Crippen molar-refractivity contribution in [3.63, 3.8) is 0 Å². The molecule has 3 aromatic rings. The molecule has 4 rings (SSSR count). The van der Waals surface area contributed by atoms with E-state index < -0.39 is 0 Å². The average Bonchev–Trinajstić information content (AvgIpc) is 2.83. The molecule has 1 aliphatic heterocycles. The molecule has 0 radical (unpaired) electrons. The largest absolute Gasteiger partial charge is 0.342 e. The Kier molecular flexibility index (Phi) is 6.33. The lowest BCUT2D eigenvalue weighted by molar-refractivity contribution is -0.132. The molecule has 1 aliphatic rings. The predicted molar refractivity (Wildman–Crippen MR) is 118 cm³/mol. The standard InChI is InChI=1S/C26H26N2O2/c29-25(13-8-20-14-16-27-17-15-20)28-18-4-7-24(19-28)26(30)23-11-9-22(10-12-23)21-5-2-1-3-6-21/h1-3,5-6,9-12,14-17,24H,4,7-8,13,18-19H2. The lowest BCUT2D eigenvalue weighted by Crippen LogP contribution is -2.42. The zero-order valence-corrected chi connectivity index (χ0v) is 17.0. The van der Waals surface area contributed by atoms with E-state index in [1.165, 1.54) is 0 Å². The van der Waals surface area contributed by atoms with Gasteiger partial charge in [0, 0.05) is 43.4 Å². The third-order valence-electron chi connectivity index (χ3n) is 5.80. The Balaban J connectivity index is 1.36. The average molecular weight is 399 g/mol. The van der Waals surface area contributed by atoms with E-state index in [1.807, 2.05) is 59.5 Å². The van der Waals surface area contributed by atoms with Gasteiger partial charge in [0.1, 0.15) is 0 Å². The molecule has 4 heteroatoms. The van der Waals surface area contributed by atoms with Gasteiger partial charge in [-0.3, -0.25) is 14.6 Å². The molecule has 152 valence electrons. The van der Waals surface area contributed by atoms with E-state index >= 15 is 0 Å². The van der Waals surface area contributed by atoms with Crippen molar-refractivity contribution in [1.29, 1.82) is 0 Å². The molecule has 1 atom stereocenters. The summed E-state index contributed by atoms with van der Waals surface area (Å²) in [5, 5.41) is 0. The van der Waals surface area contributed by atoms with E-state index in [4.69, 9.17) is 0 Å². The fraction of sp³-hybridized carbons (Fsp3) is 0.269. The quantitative estimate of drug-likeness (QED) is 0.560. The van der Waals surface area contributed by atoms with Crippen molar-refractivity contribution in [2.24, 2.45) is 5.92 Å². The first-order valence-corrected chi connectivity index (χ1v) is 10.6. The summed E-state index contributed by atoms with van der Waals surface area (Å²) in [4.78, 5) is 31.6. The van der Waals surface area contributed by atoms with Crippen LogP contribution in [0.5, 0.6) is 0 Å². The van der Waals surface area contributed by atoms with Crippen LogP contribution in [0.4, 0.5) is 0 Å². The highest BCUT2D eigenvalue weighted by atomic mass is 16.2. The van der Waals surface area contributed by atoms with E-state index in [1.54, 1.807) is 12.4 Å². The first kappa shape index (κ1) is 20.0. The minimum atomic E-state index is -0.119. The molecule has 1 aromatic heterocycles. The first-order chi connectivity index (χ1) is 14.7. The second kappa shape index (κ2) is 9.49. The van der Waals surface area contributed by atoms with Gasteiger partial charge in [-0.25, -0.2) is 0 Å². The number of carbonyl (C=O) groups is 2. The van der Waals surface area contributed by atoms with Crippen LogP contribution in [0.15, 0.2) is 79.1 Å². The Labute approximate surface area is 177 Å². The van der Waals surface area contributed by atoms with Gasteiger partial charge in [-0.1, -0.05) is 54.6 Å². The third kappa shape index (κ3) is 4.82. The molecule has 0 bridgehead atoms. The number of amides is 1. The second-order valence-electron chi connectivity index (χ2n) is 7.84. The number of hydrogen-bond acceptors (Lipinski definition) is 3. The highest BCUT2D eigenvalue weighted by Gasteiger charge is 2.28. The van der Waals surface area contributed by atoms with Crippen LogP contribution in [0.25, 0.3) is 11.1 Å². The summed E-state index contributed by atoms with van der Waals surface area (Å²) in [7, 11) is 0. The number of benzene rings is 2. The van der Waals surface area contributed by atoms with Gasteiger partial charge >= 0.3 is 0 Å². The smallest absolute Gasteiger partial charge is 0.222 e. The van der Waals surface area contributed by atoms with Gasteiger partial charge in [0.15, 0.2) is 5.78 Å². The van der Waals surface area contributed by atoms with Crippen molar-refractivity contribution in [3.8, 4) is 11.1 Å². The summed E-state index contributed by atoms with van der Waals surface area (Å²) in [6, 6.07) is 21.8. The summed E-state index contributed by atoms with van der Waals surface area (Å²) in [6.07, 6.45) is 6.39. The molecule has 0 aliphatic carbocycles. The monoisotopic (exact) mass is 398 g/mol. The molecule has 4 nitrogen and oxygen atoms in total. The fourth-order valence-corrected chi connectivity index (χ4v) is 4.07. The van der Waals surface area contributed by atoms with Gasteiger partial charge in [0.2, 0.25) is 5.91 Å². The zero-order valence-electron chi connectivity index (χ0n) is 17.0. The number of aryl methyl sites for hydroxylation is 1. The number of aromatic nitrogens is 1. The van der Waals surface area contributed by atoms with E-state index in [9.17, 15) is 9.59 Å². The molecular formula is C26H26N2O2. The lowest BCUT2D eigenvalue weighted by atomic mass is 9.89. The molecule has 0 N–H and O–H groups in total. The molecule has 0 saturated carbocycles. The van der Waals surface area contributed by atoms with Crippen molar-refractivity contribution >= 4 is 11.7 Å². The Bertz CT molecular complexity index is 985. The maximum Gasteiger partial charge on any atom is 0.222 e. The fourth-order valence-electron chi connectivity index (χ4n) is 4.07. The zero-order chi connectivity index (χ0) is 20.8. The molecule has 30 heavy (non-hydrogen) atoms. The van der Waals surface area contributed by atoms with Gasteiger partial charge in [0.25, 0.3) is 0 Å². The van der Waals surface area contributed by atoms with Crippen LogP contribution in [0.1, 0.15) is 35.2 Å². The summed E-state index contributed by atoms with van der Waals surface area (Å²) < 4.78 is 0. The molecule has 1 saturated heterocycles. The molecule has 1 unspecified atom stereocenters. The maximum atomic E-state index is 13.1. The molecular weight excluding hydrogens is 372 g/mol. The number of pyridine rings is 1. The topological polar surface area (TPSA) is 50.3 Å². The van der Waals surface area contributed by atoms with Gasteiger partial charge in [-0.2, -0.15) is 0 Å². The molecule has 2 aromatic carbocycles. The summed E-state index contributed by atoms with van der Waals surface area (Å²) >= 11 is 0. The van der Waals surface area contributed by atoms with Crippen LogP contribution in [0.3, 0.4) is 0 Å². The number of Topliss-reactive ketones (excluding diaryl/α,β-unsaturated/α-hetero) is 1. The minimum absolute atomic E-state index is 0.119. The summed E-state index contributed by atoms with van der Waals surface area (Å²) in [5.41, 5.74) is 4.08. The highest BCUT2D eigenvalue weighted by molar-refractivity contribution is 5.98. The van der Waals surface area contributed by atoms with Gasteiger partial charge in [0.05, 0.1) is 0 Å². The number of carbonyl (C=O) groups excluding carboxylic acids is 2. The van der Waals surface area contributed by atoms with Crippen molar-refractivity contribution in [2.45, 2.75) is 25.7 Å². The van der Waals surface area contributed by atoms with Gasteiger partial charge in [-0.05, 0) is 48.1 Å². The van der Waals surface area contributed by atoms with E-state index in [0.717, 1.165) is 41.6 Å². The van der Waals surface area contributed by atoms with Crippen LogP contribution in [-0.2, 0) is 11.2 Å². The van der Waals surface area contributed by atoms with Crippen molar-refractivity contribution < 1.29 is 9.59 Å². The van der Waals surface area contributed by atoms with Crippen LogP contribution in [0.2, 0.25) is 0 Å². The number of piperidine rings is 1. The van der Waals surface area contributed by atoms with Gasteiger partial charge in [-0.15, -0.1) is 0 Å². The first-order valence-electron chi connectivity index (χ1n) is 10.6. The van der Waals surface area contributed by atoms with E-state index in [0.29, 0.717) is 19.4 Å². The van der Waals surface area contributed by atoms with Crippen LogP contribution in [0, 0.1) is 5.92 Å². The highest BCUT2D eigenvalue weighted by Crippen LogP contribution is 2.24. The SMILES string of the molecule is O=C(c1ccc(-c2ccccc2)cc1)C1CCCN(C(=O)CCc2ccncc2)C1. The number of ketones is 1. The third-order valence-corrected chi connectivity index (χ3v) is 5.80. The Morgan fingerprint density at radius 1 is 0.900 bits per heavy atom. The van der Waals surface area contributed by atoms with Crippen LogP contribution < -0.4 is 0 Å². The van der Waals surface area contributed by atoms with Crippen molar-refractivity contribution in [1.82, 2.24) is 9.88 Å². The van der Waals surface area contributed by atoms with Crippen LogP contribution in [-0.4, -0.2) is 34.7 Å². The van der Waals surface area contributed by atoms with E-state index in [-0.39, 0.29) is 17.6 Å². The van der Waals surface area contributed by atoms with Gasteiger partial charge < -0.3 is 4.90 Å². The summed E-state index contributed by atoms with van der Waals surface area (Å²) in [5.74, 6) is 0.149. The number of nitrogens with zero attached hydrogens (tertiary/aromatic N) is 2. The normalized spacial score (nSPS) is 16.3. The van der Waals surface area contributed by atoms with Crippen LogP contribution >= 0.6 is 0 Å². The van der Waals surface area contributed by atoms with E-state index in [2.05, 4.69) is 17.1 Å². The molecule has 1 amide bonds. The Morgan fingerprint density at radius 2 is 1.60 bits per heavy atom. The second-order valence-corrected chi connectivity index (χ2v) is 7.84. The molecule has 2 heterocycles. The predicted octanol–water partition coefficient (Wildman–Crippen LogP) is 4.80. The summed E-state index contributed by atoms with van der Waals surface area (Å²) in [6.45, 7) is 1.26. The number of rotatable bonds is 6. The number of hydrogen-bond donors (Lipinski definition) is 0. The Hall–Kier alpha value is -3.27. The van der Waals surface area contributed by atoms with Crippen molar-refractivity contribution in [3.05, 3.63) is 90.3 Å².